The molecular weight excluding hydrogens is 218 g/mol. The number of aliphatic hydroxyl groups excluding tert-OH is 1. The van der Waals surface area contributed by atoms with Crippen molar-refractivity contribution in [2.75, 3.05) is 13.2 Å². The maximum atomic E-state index is 11.1. The van der Waals surface area contributed by atoms with Crippen molar-refractivity contribution in [2.45, 2.75) is 26.0 Å². The third-order valence-electron chi connectivity index (χ3n) is 2.26. The monoisotopic (exact) mass is 237 g/mol. The Balaban J connectivity index is 2.16. The molecule has 0 heterocycles. The maximum absolute atomic E-state index is 11.1. The number of nitrogens with one attached hydrogen (secondary N) is 1. The van der Waals surface area contributed by atoms with Crippen LogP contribution in [0, 0.1) is 0 Å². The summed E-state index contributed by atoms with van der Waals surface area (Å²) >= 11 is 0. The average Bonchev–Trinajstić information content (AvgIpc) is 2.30. The van der Waals surface area contributed by atoms with Gasteiger partial charge in [-0.05, 0) is 12.5 Å². The van der Waals surface area contributed by atoms with Gasteiger partial charge >= 0.3 is 5.97 Å². The highest BCUT2D eigenvalue weighted by Gasteiger charge is 2.10. The summed E-state index contributed by atoms with van der Waals surface area (Å²) < 4.78 is 4.75. The molecule has 0 bridgehead atoms. The van der Waals surface area contributed by atoms with E-state index < -0.39 is 6.10 Å². The van der Waals surface area contributed by atoms with Crippen LogP contribution in [0.2, 0.25) is 0 Å². The van der Waals surface area contributed by atoms with Gasteiger partial charge in [0.05, 0.1) is 19.1 Å². The molecular formula is C13H19NO3. The van der Waals surface area contributed by atoms with Crippen LogP contribution in [-0.4, -0.2) is 30.3 Å². The summed E-state index contributed by atoms with van der Waals surface area (Å²) in [5.74, 6) is -0.360. The summed E-state index contributed by atoms with van der Waals surface area (Å²) in [6, 6.07) is 9.90. The summed E-state index contributed by atoms with van der Waals surface area (Å²) in [5.41, 5.74) is 1.15. The average molecular weight is 237 g/mol. The first-order valence-electron chi connectivity index (χ1n) is 5.80. The predicted molar refractivity (Wildman–Crippen MR) is 65.4 cm³/mol. The number of aliphatic hydroxyl groups is 1. The molecule has 0 aliphatic carbocycles. The van der Waals surface area contributed by atoms with Crippen molar-refractivity contribution in [3.05, 3.63) is 35.9 Å². The SMILES string of the molecule is CCOC(=O)CC(O)CNCc1ccccc1. The van der Waals surface area contributed by atoms with Gasteiger partial charge in [0, 0.05) is 13.1 Å². The minimum atomic E-state index is -0.697. The maximum Gasteiger partial charge on any atom is 0.308 e. The van der Waals surface area contributed by atoms with Crippen LogP contribution < -0.4 is 5.32 Å². The summed E-state index contributed by atoms with van der Waals surface area (Å²) in [4.78, 5) is 11.1. The lowest BCUT2D eigenvalue weighted by atomic mass is 10.2. The van der Waals surface area contributed by atoms with Gasteiger partial charge in [-0.2, -0.15) is 0 Å². The van der Waals surface area contributed by atoms with Crippen LogP contribution in [0.3, 0.4) is 0 Å². The topological polar surface area (TPSA) is 58.6 Å². The van der Waals surface area contributed by atoms with Crippen molar-refractivity contribution < 1.29 is 14.6 Å². The van der Waals surface area contributed by atoms with E-state index in [1.54, 1.807) is 6.92 Å². The van der Waals surface area contributed by atoms with Crippen molar-refractivity contribution in [1.82, 2.24) is 5.32 Å². The van der Waals surface area contributed by atoms with Crippen molar-refractivity contribution in [3.8, 4) is 0 Å². The fourth-order valence-corrected chi connectivity index (χ4v) is 1.46. The standard InChI is InChI=1S/C13H19NO3/c1-2-17-13(16)8-12(15)10-14-9-11-6-4-3-5-7-11/h3-7,12,14-15H,2,8-10H2,1H3. The number of carbonyl (C=O) groups excluding carboxylic acids is 1. The second-order valence-electron chi connectivity index (χ2n) is 3.78. The number of ether oxygens (including phenoxy) is 1. The molecule has 0 fully saturated rings. The normalized spacial score (nSPS) is 12.1. The fourth-order valence-electron chi connectivity index (χ4n) is 1.46. The van der Waals surface area contributed by atoms with E-state index >= 15 is 0 Å². The van der Waals surface area contributed by atoms with E-state index in [4.69, 9.17) is 4.74 Å². The molecule has 4 heteroatoms. The third-order valence-corrected chi connectivity index (χ3v) is 2.26. The lowest BCUT2D eigenvalue weighted by Gasteiger charge is -2.11. The second-order valence-corrected chi connectivity index (χ2v) is 3.78. The number of benzene rings is 1. The van der Waals surface area contributed by atoms with E-state index in [9.17, 15) is 9.90 Å². The van der Waals surface area contributed by atoms with Crippen LogP contribution in [-0.2, 0) is 16.1 Å². The zero-order valence-electron chi connectivity index (χ0n) is 10.1. The van der Waals surface area contributed by atoms with Crippen LogP contribution in [0.5, 0.6) is 0 Å². The Morgan fingerprint density at radius 3 is 2.76 bits per heavy atom. The minimum absolute atomic E-state index is 0.0373. The van der Waals surface area contributed by atoms with Gasteiger partial charge in [-0.25, -0.2) is 0 Å². The van der Waals surface area contributed by atoms with E-state index in [-0.39, 0.29) is 12.4 Å². The van der Waals surface area contributed by atoms with Gasteiger partial charge in [0.2, 0.25) is 0 Å². The molecule has 0 saturated heterocycles. The molecule has 2 N–H and O–H groups in total. The number of hydrogen-bond acceptors (Lipinski definition) is 4. The molecule has 0 aliphatic rings. The van der Waals surface area contributed by atoms with Crippen molar-refractivity contribution in [1.29, 1.82) is 0 Å². The van der Waals surface area contributed by atoms with E-state index in [0.717, 1.165) is 5.56 Å². The van der Waals surface area contributed by atoms with Crippen LogP contribution in [0.1, 0.15) is 18.9 Å². The van der Waals surface area contributed by atoms with E-state index in [1.165, 1.54) is 0 Å². The highest BCUT2D eigenvalue weighted by molar-refractivity contribution is 5.69. The van der Waals surface area contributed by atoms with Crippen LogP contribution >= 0.6 is 0 Å². The van der Waals surface area contributed by atoms with Crippen molar-refractivity contribution in [2.24, 2.45) is 0 Å². The predicted octanol–water partition coefficient (Wildman–Crippen LogP) is 1.09. The van der Waals surface area contributed by atoms with Gasteiger partial charge in [0.15, 0.2) is 0 Å². The van der Waals surface area contributed by atoms with Gasteiger partial charge in [-0.3, -0.25) is 4.79 Å². The molecule has 0 amide bonds. The van der Waals surface area contributed by atoms with Gasteiger partial charge < -0.3 is 15.2 Å². The minimum Gasteiger partial charge on any atom is -0.466 e. The van der Waals surface area contributed by atoms with Crippen molar-refractivity contribution >= 4 is 5.97 Å². The molecule has 1 aromatic rings. The molecule has 1 atom stereocenters. The highest BCUT2D eigenvalue weighted by atomic mass is 16.5. The van der Waals surface area contributed by atoms with E-state index in [1.807, 2.05) is 30.3 Å². The Kier molecular flexibility index (Phi) is 6.29. The first kappa shape index (κ1) is 13.7. The Bertz CT molecular complexity index is 327. The molecule has 0 aliphatic heterocycles. The van der Waals surface area contributed by atoms with Crippen LogP contribution in [0.4, 0.5) is 0 Å². The molecule has 17 heavy (non-hydrogen) atoms. The zero-order valence-corrected chi connectivity index (χ0v) is 10.1. The summed E-state index contributed by atoms with van der Waals surface area (Å²) in [5, 5.41) is 12.7. The number of rotatable bonds is 7. The Hall–Kier alpha value is -1.39. The van der Waals surface area contributed by atoms with Crippen LogP contribution in [0.15, 0.2) is 30.3 Å². The molecule has 0 spiro atoms. The van der Waals surface area contributed by atoms with Crippen LogP contribution in [0.25, 0.3) is 0 Å². The van der Waals surface area contributed by atoms with E-state index in [2.05, 4.69) is 5.32 Å². The Morgan fingerprint density at radius 1 is 1.41 bits per heavy atom. The highest BCUT2D eigenvalue weighted by Crippen LogP contribution is 1.98. The Morgan fingerprint density at radius 2 is 2.12 bits per heavy atom. The van der Waals surface area contributed by atoms with Crippen molar-refractivity contribution in [3.63, 3.8) is 0 Å². The molecule has 0 aromatic heterocycles. The molecule has 0 saturated carbocycles. The van der Waals surface area contributed by atoms with E-state index in [0.29, 0.717) is 19.7 Å². The molecule has 4 nitrogen and oxygen atoms in total. The summed E-state index contributed by atoms with van der Waals surface area (Å²) in [7, 11) is 0. The quantitative estimate of drug-likeness (QED) is 0.697. The number of hydrogen-bond donors (Lipinski definition) is 2. The first-order valence-corrected chi connectivity index (χ1v) is 5.80. The van der Waals surface area contributed by atoms with Gasteiger partial charge in [0.1, 0.15) is 0 Å². The second kappa shape index (κ2) is 7.81. The molecule has 1 aromatic carbocycles. The molecule has 94 valence electrons. The van der Waals surface area contributed by atoms with Gasteiger partial charge in [-0.1, -0.05) is 30.3 Å². The molecule has 0 radical (unpaired) electrons. The molecule has 1 rings (SSSR count). The fraction of sp³-hybridized carbons (Fsp3) is 0.462. The lowest BCUT2D eigenvalue weighted by Crippen LogP contribution is -2.29. The van der Waals surface area contributed by atoms with Gasteiger partial charge in [0.25, 0.3) is 0 Å². The van der Waals surface area contributed by atoms with Gasteiger partial charge in [-0.15, -0.1) is 0 Å². The summed E-state index contributed by atoms with van der Waals surface area (Å²) in [6.07, 6.45) is -0.659. The first-order chi connectivity index (χ1) is 8.22. The largest absolute Gasteiger partial charge is 0.466 e. The zero-order chi connectivity index (χ0) is 12.5. The Labute approximate surface area is 102 Å². The number of carbonyl (C=O) groups is 1. The molecule has 1 unspecified atom stereocenters. The lowest BCUT2D eigenvalue weighted by molar-refractivity contribution is -0.145. The smallest absolute Gasteiger partial charge is 0.308 e. The number of esters is 1. The summed E-state index contributed by atoms with van der Waals surface area (Å²) in [6.45, 7) is 3.16. The third kappa shape index (κ3) is 6.04.